The monoisotopic (exact) mass is 749 g/mol. The molecule has 12 aromatic rings. The maximum atomic E-state index is 6.15. The zero-order valence-electron chi connectivity index (χ0n) is 30.1. The summed E-state index contributed by atoms with van der Waals surface area (Å²) in [5.41, 5.74) is 10.3. The molecular formula is C52H31NOS2. The third-order valence-electron chi connectivity index (χ3n) is 11.3. The quantitative estimate of drug-likeness (QED) is 0.174. The molecule has 0 saturated heterocycles. The minimum atomic E-state index is 0.924. The van der Waals surface area contributed by atoms with Crippen LogP contribution < -0.4 is 4.90 Å². The van der Waals surface area contributed by atoms with E-state index >= 15 is 0 Å². The van der Waals surface area contributed by atoms with E-state index in [4.69, 9.17) is 4.42 Å². The maximum Gasteiger partial charge on any atom is 0.135 e. The van der Waals surface area contributed by atoms with Gasteiger partial charge in [0.1, 0.15) is 11.2 Å². The Kier molecular flexibility index (Phi) is 7.00. The normalized spacial score (nSPS) is 11.9. The Morgan fingerprint density at radius 3 is 1.86 bits per heavy atom. The molecule has 12 rings (SSSR count). The number of nitrogens with zero attached hydrogens (tertiary/aromatic N) is 1. The van der Waals surface area contributed by atoms with E-state index in [2.05, 4.69) is 181 Å². The summed E-state index contributed by atoms with van der Waals surface area (Å²) in [6.07, 6.45) is 0. The molecule has 0 aliphatic heterocycles. The van der Waals surface area contributed by atoms with Crippen molar-refractivity contribution in [2.24, 2.45) is 0 Å². The van der Waals surface area contributed by atoms with E-state index in [-0.39, 0.29) is 0 Å². The van der Waals surface area contributed by atoms with Gasteiger partial charge in [0.15, 0.2) is 0 Å². The largest absolute Gasteiger partial charge is 0.456 e. The Hall–Kier alpha value is -6.72. The fourth-order valence-corrected chi connectivity index (χ4v) is 11.1. The van der Waals surface area contributed by atoms with Crippen LogP contribution in [0, 0.1) is 0 Å². The number of rotatable bonds is 5. The summed E-state index contributed by atoms with van der Waals surface area (Å²) >= 11 is 3.78. The fourth-order valence-electron chi connectivity index (χ4n) is 8.65. The van der Waals surface area contributed by atoms with E-state index in [1.807, 2.05) is 34.8 Å². The smallest absolute Gasteiger partial charge is 0.135 e. The second kappa shape index (κ2) is 12.4. The Morgan fingerprint density at radius 1 is 0.357 bits per heavy atom. The Morgan fingerprint density at radius 2 is 1.00 bits per heavy atom. The van der Waals surface area contributed by atoms with Crippen LogP contribution in [0.4, 0.5) is 17.1 Å². The molecule has 0 aliphatic rings. The predicted molar refractivity (Wildman–Crippen MR) is 243 cm³/mol. The molecule has 0 spiro atoms. The minimum Gasteiger partial charge on any atom is -0.456 e. The molecule has 0 N–H and O–H groups in total. The Balaban J connectivity index is 0.982. The van der Waals surface area contributed by atoms with E-state index in [0.29, 0.717) is 0 Å². The van der Waals surface area contributed by atoms with Crippen molar-refractivity contribution in [3.8, 4) is 22.3 Å². The van der Waals surface area contributed by atoms with Crippen LogP contribution in [0.3, 0.4) is 0 Å². The highest BCUT2D eigenvalue weighted by molar-refractivity contribution is 7.27. The van der Waals surface area contributed by atoms with Gasteiger partial charge in [-0.25, -0.2) is 0 Å². The molecule has 56 heavy (non-hydrogen) atoms. The molecule has 4 heteroatoms. The van der Waals surface area contributed by atoms with Crippen molar-refractivity contribution in [2.75, 3.05) is 4.90 Å². The maximum absolute atomic E-state index is 6.15. The lowest BCUT2D eigenvalue weighted by molar-refractivity contribution is 0.669. The van der Waals surface area contributed by atoms with Crippen LogP contribution >= 0.6 is 22.7 Å². The molecule has 0 saturated carbocycles. The first-order chi connectivity index (χ1) is 27.7. The number of benzene rings is 9. The number of anilines is 3. The van der Waals surface area contributed by atoms with Gasteiger partial charge in [0.2, 0.25) is 0 Å². The van der Waals surface area contributed by atoms with Gasteiger partial charge in [0.25, 0.3) is 0 Å². The van der Waals surface area contributed by atoms with Gasteiger partial charge >= 0.3 is 0 Å². The summed E-state index contributed by atoms with van der Waals surface area (Å²) in [5, 5.41) is 9.94. The van der Waals surface area contributed by atoms with Gasteiger partial charge in [-0.2, -0.15) is 0 Å². The molecule has 0 unspecified atom stereocenters. The first-order valence-electron chi connectivity index (χ1n) is 18.9. The molecule has 2 nitrogen and oxygen atoms in total. The van der Waals surface area contributed by atoms with Crippen molar-refractivity contribution in [3.63, 3.8) is 0 Å². The molecule has 0 fully saturated rings. The molecule has 3 aromatic heterocycles. The van der Waals surface area contributed by atoms with E-state index < -0.39 is 0 Å². The highest BCUT2D eigenvalue weighted by atomic mass is 32.1. The molecule has 3 heterocycles. The predicted octanol–water partition coefficient (Wildman–Crippen LogP) is 16.3. The topological polar surface area (TPSA) is 16.4 Å². The summed E-state index contributed by atoms with van der Waals surface area (Å²) in [7, 11) is 0. The van der Waals surface area contributed by atoms with Crippen LogP contribution in [0.25, 0.3) is 95.3 Å². The van der Waals surface area contributed by atoms with E-state index in [9.17, 15) is 0 Å². The molecule has 0 bridgehead atoms. The lowest BCUT2D eigenvalue weighted by atomic mass is 9.99. The third-order valence-corrected chi connectivity index (χ3v) is 13.7. The van der Waals surface area contributed by atoms with Crippen molar-refractivity contribution in [2.45, 2.75) is 0 Å². The van der Waals surface area contributed by atoms with Crippen LogP contribution in [0.1, 0.15) is 0 Å². The summed E-state index contributed by atoms with van der Waals surface area (Å²) in [4.78, 5) is 2.40. The number of thiophene rings is 2. The lowest BCUT2D eigenvalue weighted by Crippen LogP contribution is -2.10. The van der Waals surface area contributed by atoms with E-state index in [1.165, 1.54) is 79.1 Å². The highest BCUT2D eigenvalue weighted by Gasteiger charge is 2.19. The van der Waals surface area contributed by atoms with E-state index in [0.717, 1.165) is 33.3 Å². The average Bonchev–Trinajstić information content (AvgIpc) is 3.95. The number of hydrogen-bond donors (Lipinski definition) is 0. The SMILES string of the molecule is c1ccc(N(c2ccc3sc4c(-c5ccc6c(c5)sc5c(-c7ccc8oc9ccccc9c8c7)cccc56)cccc4c3c2)c2cccc3ccccc23)cc1. The summed E-state index contributed by atoms with van der Waals surface area (Å²) in [6.45, 7) is 0. The Bertz CT molecular complexity index is 3490. The molecule has 0 aliphatic carbocycles. The molecule has 0 radical (unpaired) electrons. The van der Waals surface area contributed by atoms with Crippen molar-refractivity contribution >= 4 is 113 Å². The van der Waals surface area contributed by atoms with Gasteiger partial charge < -0.3 is 9.32 Å². The standard InChI is InChI=1S/C52H31NOS2/c1-2-13-35(14-3-1)53(46-21-8-12-32-11-4-5-15-37(32)46)36-25-28-49-45(31-36)43-20-10-18-39(52(43)55-49)34-23-26-41-42-19-9-17-38(51(42)56-50(41)30-34)33-24-27-48-44(29-33)40-16-6-7-22-47(40)54-48/h1-31H. The zero-order chi connectivity index (χ0) is 36.7. The number of hydrogen-bond acceptors (Lipinski definition) is 4. The second-order valence-corrected chi connectivity index (χ2v) is 16.5. The first-order valence-corrected chi connectivity index (χ1v) is 20.5. The zero-order valence-corrected chi connectivity index (χ0v) is 31.7. The molecular weight excluding hydrogens is 719 g/mol. The summed E-state index contributed by atoms with van der Waals surface area (Å²) < 4.78 is 11.4. The minimum absolute atomic E-state index is 0.924. The third kappa shape index (κ3) is 4.86. The first kappa shape index (κ1) is 31.6. The van der Waals surface area contributed by atoms with Gasteiger partial charge in [0.05, 0.1) is 5.69 Å². The van der Waals surface area contributed by atoms with Gasteiger partial charge in [-0.1, -0.05) is 127 Å². The van der Waals surface area contributed by atoms with Crippen molar-refractivity contribution in [3.05, 3.63) is 188 Å². The van der Waals surface area contributed by atoms with Crippen LogP contribution in [0.2, 0.25) is 0 Å². The van der Waals surface area contributed by atoms with Crippen molar-refractivity contribution < 1.29 is 4.42 Å². The van der Waals surface area contributed by atoms with Crippen molar-refractivity contribution in [1.82, 2.24) is 0 Å². The molecule has 0 amide bonds. The Labute approximate surface area is 330 Å². The lowest BCUT2D eigenvalue weighted by Gasteiger charge is -2.27. The van der Waals surface area contributed by atoms with Gasteiger partial charge in [-0.05, 0) is 88.3 Å². The molecule has 0 atom stereocenters. The van der Waals surface area contributed by atoms with Gasteiger partial charge in [0, 0.05) is 67.9 Å². The molecule has 9 aromatic carbocycles. The van der Waals surface area contributed by atoms with Crippen LogP contribution in [-0.4, -0.2) is 0 Å². The number of furan rings is 1. The van der Waals surface area contributed by atoms with Crippen LogP contribution in [-0.2, 0) is 0 Å². The number of para-hydroxylation sites is 2. The number of fused-ring (bicyclic) bond motifs is 10. The van der Waals surface area contributed by atoms with E-state index in [1.54, 1.807) is 0 Å². The average molecular weight is 750 g/mol. The van der Waals surface area contributed by atoms with Crippen molar-refractivity contribution in [1.29, 1.82) is 0 Å². The molecule has 262 valence electrons. The van der Waals surface area contributed by atoms with Gasteiger partial charge in [-0.15, -0.1) is 22.7 Å². The van der Waals surface area contributed by atoms with Gasteiger partial charge in [-0.3, -0.25) is 0 Å². The highest BCUT2D eigenvalue weighted by Crippen LogP contribution is 2.47. The van der Waals surface area contributed by atoms with Crippen LogP contribution in [0.5, 0.6) is 0 Å². The fraction of sp³-hybridized carbons (Fsp3) is 0. The summed E-state index contributed by atoms with van der Waals surface area (Å²) in [6, 6.07) is 68.4. The summed E-state index contributed by atoms with van der Waals surface area (Å²) in [5.74, 6) is 0. The second-order valence-electron chi connectivity index (χ2n) is 14.4. The van der Waals surface area contributed by atoms with Crippen LogP contribution in [0.15, 0.2) is 192 Å².